The first-order valence-corrected chi connectivity index (χ1v) is 5.38. The lowest BCUT2D eigenvalue weighted by Gasteiger charge is -2.11. The number of aliphatic hydroxyl groups is 1. The van der Waals surface area contributed by atoms with Gasteiger partial charge < -0.3 is 15.6 Å². The molecule has 1 aromatic rings. The highest BCUT2D eigenvalue weighted by Crippen LogP contribution is 2.11. The number of anilines is 1. The van der Waals surface area contributed by atoms with E-state index in [4.69, 9.17) is 5.73 Å². The van der Waals surface area contributed by atoms with Crippen molar-refractivity contribution in [2.75, 3.05) is 12.8 Å². The molecule has 1 aromatic heterocycles. The number of pyridine rings is 1. The summed E-state index contributed by atoms with van der Waals surface area (Å²) in [5.41, 5.74) is 5.52. The Morgan fingerprint density at radius 2 is 2.28 bits per heavy atom. The van der Waals surface area contributed by atoms with E-state index in [2.05, 4.69) is 21.6 Å². The Morgan fingerprint density at radius 3 is 2.83 bits per heavy atom. The van der Waals surface area contributed by atoms with Crippen LogP contribution in [0.1, 0.15) is 36.2 Å². The fourth-order valence-electron chi connectivity index (χ4n) is 1.16. The number of rotatable bonds is 2. The van der Waals surface area contributed by atoms with E-state index >= 15 is 0 Å². The van der Waals surface area contributed by atoms with Crippen molar-refractivity contribution in [2.45, 2.75) is 25.9 Å². The molecule has 0 spiro atoms. The maximum atomic E-state index is 11.3. The monoisotopic (exact) mass is 248 g/mol. The minimum atomic E-state index is -0.866. The van der Waals surface area contributed by atoms with Gasteiger partial charge in [0.05, 0.1) is 23.8 Å². The third kappa shape index (κ3) is 4.07. The molecule has 0 fully saturated rings. The molecule has 0 aliphatic heterocycles. The number of methoxy groups -OCH3 is 1. The average Bonchev–Trinajstić information content (AvgIpc) is 2.29. The summed E-state index contributed by atoms with van der Waals surface area (Å²) in [7, 11) is 1.29. The van der Waals surface area contributed by atoms with Gasteiger partial charge in [0.2, 0.25) is 0 Å². The topological polar surface area (TPSA) is 85.4 Å². The van der Waals surface area contributed by atoms with Crippen LogP contribution in [-0.4, -0.2) is 28.8 Å². The average molecular weight is 248 g/mol. The van der Waals surface area contributed by atoms with Crippen LogP contribution in [0.4, 0.5) is 5.82 Å². The molecule has 0 unspecified atom stereocenters. The molecule has 3 N–H and O–H groups in total. The lowest BCUT2D eigenvalue weighted by Crippen LogP contribution is -2.16. The van der Waals surface area contributed by atoms with Crippen LogP contribution in [0.3, 0.4) is 0 Å². The summed E-state index contributed by atoms with van der Waals surface area (Å²) >= 11 is 0. The Hall–Kier alpha value is -2.06. The van der Waals surface area contributed by atoms with Crippen LogP contribution in [0, 0.1) is 11.8 Å². The number of nitrogens with zero attached hydrogens (tertiary/aromatic N) is 1. The Morgan fingerprint density at radius 1 is 1.61 bits per heavy atom. The lowest BCUT2D eigenvalue weighted by atomic mass is 10.1. The molecule has 0 saturated heterocycles. The number of esters is 1. The standard InChI is InChI=1S/C13H16N2O3/c1-13(2,17)6-4-5-9-7-10(12(16)18-3)8-15-11(9)14/h7-8,17H,6H2,1-3H3,(H2,14,15). The molecule has 5 nitrogen and oxygen atoms in total. The fourth-order valence-corrected chi connectivity index (χ4v) is 1.16. The summed E-state index contributed by atoms with van der Waals surface area (Å²) < 4.78 is 4.58. The molecule has 0 aliphatic carbocycles. The van der Waals surface area contributed by atoms with Crippen LogP contribution in [-0.2, 0) is 4.74 Å². The number of nitrogen functional groups attached to an aromatic ring is 1. The first kappa shape index (κ1) is 14.0. The second-order valence-corrected chi connectivity index (χ2v) is 4.44. The van der Waals surface area contributed by atoms with Gasteiger partial charge >= 0.3 is 5.97 Å². The van der Waals surface area contributed by atoms with E-state index in [-0.39, 0.29) is 5.82 Å². The maximum absolute atomic E-state index is 11.3. The van der Waals surface area contributed by atoms with Crippen molar-refractivity contribution in [3.8, 4) is 11.8 Å². The number of hydrogen-bond donors (Lipinski definition) is 2. The summed E-state index contributed by atoms with van der Waals surface area (Å²) in [6.45, 7) is 3.32. The van der Waals surface area contributed by atoms with E-state index in [0.717, 1.165) is 0 Å². The molecule has 1 rings (SSSR count). The normalized spacial score (nSPS) is 10.4. The SMILES string of the molecule is COC(=O)c1cnc(N)c(C#CCC(C)(C)O)c1. The van der Waals surface area contributed by atoms with Gasteiger partial charge in [0, 0.05) is 12.6 Å². The number of carbonyl (C=O) groups is 1. The third-order valence-electron chi connectivity index (χ3n) is 2.08. The molecule has 1 heterocycles. The zero-order chi connectivity index (χ0) is 13.8. The minimum Gasteiger partial charge on any atom is -0.465 e. The molecule has 0 aliphatic rings. The molecule has 96 valence electrons. The molecule has 0 saturated carbocycles. The summed E-state index contributed by atoms with van der Waals surface area (Å²) in [5, 5.41) is 9.52. The van der Waals surface area contributed by atoms with E-state index in [1.165, 1.54) is 19.4 Å². The van der Waals surface area contributed by atoms with Gasteiger partial charge in [0.15, 0.2) is 0 Å². The molecule has 0 aromatic carbocycles. The lowest BCUT2D eigenvalue weighted by molar-refractivity contribution is 0.0600. The van der Waals surface area contributed by atoms with Crippen molar-refractivity contribution >= 4 is 11.8 Å². The minimum absolute atomic E-state index is 0.242. The van der Waals surface area contributed by atoms with Crippen molar-refractivity contribution < 1.29 is 14.6 Å². The number of hydrogen-bond acceptors (Lipinski definition) is 5. The van der Waals surface area contributed by atoms with Crippen LogP contribution in [0.25, 0.3) is 0 Å². The highest BCUT2D eigenvalue weighted by Gasteiger charge is 2.10. The maximum Gasteiger partial charge on any atom is 0.339 e. The van der Waals surface area contributed by atoms with Crippen molar-refractivity contribution in [3.05, 3.63) is 23.4 Å². The quantitative estimate of drug-likeness (QED) is 0.601. The van der Waals surface area contributed by atoms with E-state index in [1.54, 1.807) is 13.8 Å². The molecule has 0 bridgehead atoms. The highest BCUT2D eigenvalue weighted by atomic mass is 16.5. The Labute approximate surface area is 106 Å². The van der Waals surface area contributed by atoms with Crippen LogP contribution in [0.2, 0.25) is 0 Å². The van der Waals surface area contributed by atoms with Crippen molar-refractivity contribution in [1.82, 2.24) is 4.98 Å². The fraction of sp³-hybridized carbons (Fsp3) is 0.385. The van der Waals surface area contributed by atoms with Crippen molar-refractivity contribution in [2.24, 2.45) is 0 Å². The van der Waals surface area contributed by atoms with E-state index in [1.807, 2.05) is 0 Å². The summed E-state index contributed by atoms with van der Waals surface area (Å²) in [4.78, 5) is 15.2. The Kier molecular flexibility index (Phi) is 4.29. The van der Waals surface area contributed by atoms with Gasteiger partial charge in [-0.15, -0.1) is 0 Å². The zero-order valence-corrected chi connectivity index (χ0v) is 10.7. The van der Waals surface area contributed by atoms with Gasteiger partial charge in [-0.3, -0.25) is 0 Å². The van der Waals surface area contributed by atoms with Gasteiger partial charge in [-0.05, 0) is 19.9 Å². The van der Waals surface area contributed by atoms with Crippen LogP contribution < -0.4 is 5.73 Å². The number of ether oxygens (including phenoxy) is 1. The van der Waals surface area contributed by atoms with E-state index < -0.39 is 11.6 Å². The van der Waals surface area contributed by atoms with Gasteiger partial charge in [0.1, 0.15) is 5.82 Å². The summed E-state index contributed by atoms with van der Waals surface area (Å²) in [6, 6.07) is 1.52. The van der Waals surface area contributed by atoms with Crippen molar-refractivity contribution in [1.29, 1.82) is 0 Å². The smallest absolute Gasteiger partial charge is 0.339 e. The molecule has 5 heteroatoms. The first-order chi connectivity index (χ1) is 8.33. The molecule has 0 atom stereocenters. The highest BCUT2D eigenvalue weighted by molar-refractivity contribution is 5.89. The third-order valence-corrected chi connectivity index (χ3v) is 2.08. The molecule has 0 amide bonds. The van der Waals surface area contributed by atoms with E-state index in [9.17, 15) is 9.90 Å². The predicted molar refractivity (Wildman–Crippen MR) is 67.8 cm³/mol. The molecule has 0 radical (unpaired) electrons. The zero-order valence-electron chi connectivity index (χ0n) is 10.7. The molecule has 18 heavy (non-hydrogen) atoms. The number of carbonyl (C=O) groups excluding carboxylic acids is 1. The van der Waals surface area contributed by atoms with E-state index in [0.29, 0.717) is 17.5 Å². The molecular weight excluding hydrogens is 232 g/mol. The number of aromatic nitrogens is 1. The van der Waals surface area contributed by atoms with Crippen molar-refractivity contribution in [3.63, 3.8) is 0 Å². The van der Waals surface area contributed by atoms with Gasteiger partial charge in [-0.1, -0.05) is 11.8 Å². The van der Waals surface area contributed by atoms with Crippen LogP contribution in [0.15, 0.2) is 12.3 Å². The van der Waals surface area contributed by atoms with Crippen LogP contribution >= 0.6 is 0 Å². The first-order valence-electron chi connectivity index (χ1n) is 5.38. The van der Waals surface area contributed by atoms with Gasteiger partial charge in [-0.25, -0.2) is 9.78 Å². The summed E-state index contributed by atoms with van der Waals surface area (Å²) in [5.74, 6) is 5.33. The number of nitrogens with two attached hydrogens (primary N) is 1. The molecular formula is C13H16N2O3. The van der Waals surface area contributed by atoms with Gasteiger partial charge in [0.25, 0.3) is 0 Å². The largest absolute Gasteiger partial charge is 0.465 e. The van der Waals surface area contributed by atoms with Gasteiger partial charge in [-0.2, -0.15) is 0 Å². The van der Waals surface area contributed by atoms with Crippen LogP contribution in [0.5, 0.6) is 0 Å². The predicted octanol–water partition coefficient (Wildman–Crippen LogP) is 0.963. The second-order valence-electron chi connectivity index (χ2n) is 4.44. The summed E-state index contributed by atoms with van der Waals surface area (Å²) in [6.07, 6.45) is 1.64. The second kappa shape index (κ2) is 5.52. The Balaban J connectivity index is 2.98. The Bertz CT molecular complexity index is 507.